The van der Waals surface area contributed by atoms with Gasteiger partial charge in [0.25, 0.3) is 0 Å². The van der Waals surface area contributed by atoms with Crippen molar-refractivity contribution in [2.24, 2.45) is 0 Å². The zero-order valence-corrected chi connectivity index (χ0v) is 16.0. The number of rotatable bonds is 6. The zero-order chi connectivity index (χ0) is 18.7. The Balaban J connectivity index is 2.00. The molecule has 140 valence electrons. The lowest BCUT2D eigenvalue weighted by Crippen LogP contribution is -2.31. The van der Waals surface area contributed by atoms with Crippen LogP contribution in [0, 0.1) is 0 Å². The molecule has 1 aliphatic heterocycles. The largest absolute Gasteiger partial charge is 0.497 e. The second-order valence-electron chi connectivity index (χ2n) is 6.06. The van der Waals surface area contributed by atoms with Crippen molar-refractivity contribution < 1.29 is 22.6 Å². The van der Waals surface area contributed by atoms with Crippen LogP contribution in [0.4, 0.5) is 0 Å². The number of methoxy groups -OCH3 is 3. The normalized spacial score (nSPS) is 17.9. The third-order valence-corrected chi connectivity index (χ3v) is 6.59. The van der Waals surface area contributed by atoms with Crippen molar-refractivity contribution in [1.82, 2.24) is 4.31 Å². The summed E-state index contributed by atoms with van der Waals surface area (Å²) in [4.78, 5) is 0.125. The van der Waals surface area contributed by atoms with Crippen LogP contribution in [0.15, 0.2) is 47.4 Å². The first kappa shape index (κ1) is 18.5. The maximum atomic E-state index is 13.4. The molecule has 2 aromatic carbocycles. The maximum Gasteiger partial charge on any atom is 0.247 e. The Hall–Kier alpha value is -2.25. The third kappa shape index (κ3) is 3.37. The van der Waals surface area contributed by atoms with Crippen LogP contribution in [0.25, 0.3) is 0 Å². The maximum absolute atomic E-state index is 13.4. The van der Waals surface area contributed by atoms with Crippen LogP contribution >= 0.6 is 0 Å². The van der Waals surface area contributed by atoms with Crippen LogP contribution in [0.5, 0.6) is 17.2 Å². The topological polar surface area (TPSA) is 65.1 Å². The van der Waals surface area contributed by atoms with Crippen molar-refractivity contribution in [3.63, 3.8) is 0 Å². The quantitative estimate of drug-likeness (QED) is 0.773. The summed E-state index contributed by atoms with van der Waals surface area (Å²) in [5.74, 6) is 1.53. The molecule has 1 aliphatic rings. The summed E-state index contributed by atoms with van der Waals surface area (Å²) in [6.07, 6.45) is 1.58. The van der Waals surface area contributed by atoms with Gasteiger partial charge in [0, 0.05) is 12.6 Å². The first-order valence-electron chi connectivity index (χ1n) is 8.39. The summed E-state index contributed by atoms with van der Waals surface area (Å²) < 4.78 is 43.9. The van der Waals surface area contributed by atoms with E-state index in [9.17, 15) is 8.42 Å². The van der Waals surface area contributed by atoms with E-state index in [0.717, 1.165) is 24.2 Å². The van der Waals surface area contributed by atoms with Crippen molar-refractivity contribution in [1.29, 1.82) is 0 Å². The Morgan fingerprint density at radius 2 is 1.58 bits per heavy atom. The van der Waals surface area contributed by atoms with E-state index in [2.05, 4.69) is 0 Å². The van der Waals surface area contributed by atoms with Crippen LogP contribution in [-0.4, -0.2) is 40.6 Å². The molecule has 0 aliphatic carbocycles. The van der Waals surface area contributed by atoms with E-state index in [0.29, 0.717) is 18.0 Å². The molecule has 1 unspecified atom stereocenters. The van der Waals surface area contributed by atoms with Gasteiger partial charge in [-0.2, -0.15) is 4.31 Å². The highest BCUT2D eigenvalue weighted by Crippen LogP contribution is 2.40. The molecule has 3 rings (SSSR count). The van der Waals surface area contributed by atoms with E-state index in [1.807, 2.05) is 24.3 Å². The van der Waals surface area contributed by atoms with E-state index in [1.165, 1.54) is 20.3 Å². The minimum absolute atomic E-state index is 0.125. The summed E-state index contributed by atoms with van der Waals surface area (Å²) in [6, 6.07) is 12.1. The summed E-state index contributed by atoms with van der Waals surface area (Å²) in [7, 11) is 0.850. The van der Waals surface area contributed by atoms with Gasteiger partial charge in [0.05, 0.1) is 27.4 Å². The molecule has 6 nitrogen and oxygen atoms in total. The van der Waals surface area contributed by atoms with E-state index in [-0.39, 0.29) is 10.9 Å². The van der Waals surface area contributed by atoms with Crippen LogP contribution in [0.1, 0.15) is 24.4 Å². The molecule has 26 heavy (non-hydrogen) atoms. The Kier molecular flexibility index (Phi) is 5.38. The van der Waals surface area contributed by atoms with Gasteiger partial charge in [0.15, 0.2) is 0 Å². The Morgan fingerprint density at radius 3 is 2.19 bits per heavy atom. The Labute approximate surface area is 154 Å². The minimum atomic E-state index is -3.73. The van der Waals surface area contributed by atoms with Crippen LogP contribution in [0.3, 0.4) is 0 Å². The number of ether oxygens (including phenoxy) is 3. The lowest BCUT2D eigenvalue weighted by Gasteiger charge is -2.25. The van der Waals surface area contributed by atoms with Gasteiger partial charge >= 0.3 is 0 Å². The third-order valence-electron chi connectivity index (χ3n) is 4.66. The van der Waals surface area contributed by atoms with Gasteiger partial charge in [-0.1, -0.05) is 12.1 Å². The van der Waals surface area contributed by atoms with Crippen LogP contribution < -0.4 is 14.2 Å². The molecule has 1 heterocycles. The molecule has 0 aromatic heterocycles. The highest BCUT2D eigenvalue weighted by molar-refractivity contribution is 7.89. The highest BCUT2D eigenvalue weighted by Gasteiger charge is 2.37. The SMILES string of the molecule is COc1ccc(C2CCCN2S(=O)(=O)c2cc(OC)ccc2OC)cc1. The Morgan fingerprint density at radius 1 is 0.923 bits per heavy atom. The summed E-state index contributed by atoms with van der Waals surface area (Å²) in [5, 5.41) is 0. The molecule has 0 spiro atoms. The van der Waals surface area contributed by atoms with Crippen molar-refractivity contribution in [3.05, 3.63) is 48.0 Å². The summed E-state index contributed by atoms with van der Waals surface area (Å²) in [6.45, 7) is 0.472. The predicted molar refractivity (Wildman–Crippen MR) is 98.4 cm³/mol. The molecule has 0 N–H and O–H groups in total. The fourth-order valence-electron chi connectivity index (χ4n) is 3.30. The average Bonchev–Trinajstić information content (AvgIpc) is 3.18. The number of hydrogen-bond acceptors (Lipinski definition) is 5. The van der Waals surface area contributed by atoms with Crippen LogP contribution in [0.2, 0.25) is 0 Å². The number of hydrogen-bond donors (Lipinski definition) is 0. The van der Waals surface area contributed by atoms with Crippen molar-refractivity contribution in [3.8, 4) is 17.2 Å². The molecule has 0 amide bonds. The second kappa shape index (κ2) is 7.55. The van der Waals surface area contributed by atoms with Gasteiger partial charge in [-0.05, 0) is 42.7 Å². The number of nitrogens with zero attached hydrogens (tertiary/aromatic N) is 1. The van der Waals surface area contributed by atoms with Crippen LogP contribution in [-0.2, 0) is 10.0 Å². The fraction of sp³-hybridized carbons (Fsp3) is 0.368. The average molecular weight is 377 g/mol. The molecule has 0 radical (unpaired) electrons. The molecular formula is C19H23NO5S. The highest BCUT2D eigenvalue weighted by atomic mass is 32.2. The monoisotopic (exact) mass is 377 g/mol. The van der Waals surface area contributed by atoms with Crippen molar-refractivity contribution >= 4 is 10.0 Å². The first-order valence-corrected chi connectivity index (χ1v) is 9.83. The standard InChI is InChI=1S/C19H23NO5S/c1-23-15-8-6-14(7-9-15)17-5-4-12-20(17)26(21,22)19-13-16(24-2)10-11-18(19)25-3/h6-11,13,17H,4-5,12H2,1-3H3. The summed E-state index contributed by atoms with van der Waals surface area (Å²) in [5.41, 5.74) is 0.953. The molecule has 1 saturated heterocycles. The van der Waals surface area contributed by atoms with Gasteiger partial charge in [-0.15, -0.1) is 0 Å². The van der Waals surface area contributed by atoms with Gasteiger partial charge in [0.2, 0.25) is 10.0 Å². The van der Waals surface area contributed by atoms with E-state index >= 15 is 0 Å². The lowest BCUT2D eigenvalue weighted by atomic mass is 10.1. The smallest absolute Gasteiger partial charge is 0.247 e. The second-order valence-corrected chi connectivity index (χ2v) is 7.92. The van der Waals surface area contributed by atoms with Gasteiger partial charge in [-0.25, -0.2) is 8.42 Å². The van der Waals surface area contributed by atoms with Gasteiger partial charge < -0.3 is 14.2 Å². The van der Waals surface area contributed by atoms with Gasteiger partial charge in [-0.3, -0.25) is 0 Å². The molecule has 1 atom stereocenters. The molecule has 1 fully saturated rings. The zero-order valence-electron chi connectivity index (χ0n) is 15.1. The predicted octanol–water partition coefficient (Wildman–Crippen LogP) is 3.24. The summed E-state index contributed by atoms with van der Waals surface area (Å²) >= 11 is 0. The first-order chi connectivity index (χ1) is 12.5. The fourth-order valence-corrected chi connectivity index (χ4v) is 5.15. The van der Waals surface area contributed by atoms with Crippen molar-refractivity contribution in [2.45, 2.75) is 23.8 Å². The van der Waals surface area contributed by atoms with Gasteiger partial charge in [0.1, 0.15) is 22.1 Å². The van der Waals surface area contributed by atoms with E-state index in [4.69, 9.17) is 14.2 Å². The minimum Gasteiger partial charge on any atom is -0.497 e. The molecule has 7 heteroatoms. The van der Waals surface area contributed by atoms with E-state index < -0.39 is 10.0 Å². The number of benzene rings is 2. The molecule has 2 aromatic rings. The molecular weight excluding hydrogens is 354 g/mol. The molecule has 0 bridgehead atoms. The van der Waals surface area contributed by atoms with E-state index in [1.54, 1.807) is 23.5 Å². The van der Waals surface area contributed by atoms with Crippen molar-refractivity contribution in [2.75, 3.05) is 27.9 Å². The number of sulfonamides is 1. The molecule has 0 saturated carbocycles. The Bertz CT molecular complexity index is 864. The lowest BCUT2D eigenvalue weighted by molar-refractivity contribution is 0.375.